The monoisotopic (exact) mass is 565 g/mol. The minimum Gasteiger partial charge on any atom is -0.506 e. The SMILES string of the molecule is COc1cc(C=N)cc(-c2ccccc2)c1OCCNCc1ccc(Cl)cc1.NC(=O)c1ccc(O)c(Cl)c1. The lowest BCUT2D eigenvalue weighted by atomic mass is 10.0. The normalized spacial score (nSPS) is 10.2. The number of methoxy groups -OCH3 is 1. The van der Waals surface area contributed by atoms with E-state index in [0.29, 0.717) is 24.7 Å². The van der Waals surface area contributed by atoms with Crippen LogP contribution in [-0.2, 0) is 6.54 Å². The summed E-state index contributed by atoms with van der Waals surface area (Å²) >= 11 is 11.4. The van der Waals surface area contributed by atoms with Crippen LogP contribution < -0.4 is 20.5 Å². The Morgan fingerprint density at radius 3 is 2.36 bits per heavy atom. The molecule has 0 fully saturated rings. The summed E-state index contributed by atoms with van der Waals surface area (Å²) in [4.78, 5) is 10.5. The molecule has 0 spiro atoms. The van der Waals surface area contributed by atoms with Crippen molar-refractivity contribution in [3.8, 4) is 28.4 Å². The molecule has 5 N–H and O–H groups in total. The molecule has 0 unspecified atom stereocenters. The summed E-state index contributed by atoms with van der Waals surface area (Å²) < 4.78 is 11.6. The predicted octanol–water partition coefficient (Wildman–Crippen LogP) is 6.33. The number of primary amides is 1. The van der Waals surface area contributed by atoms with Crippen LogP contribution in [0.4, 0.5) is 0 Å². The Morgan fingerprint density at radius 2 is 1.74 bits per heavy atom. The van der Waals surface area contributed by atoms with Gasteiger partial charge in [0, 0.05) is 35.5 Å². The van der Waals surface area contributed by atoms with E-state index >= 15 is 0 Å². The molecule has 0 saturated carbocycles. The molecule has 0 bridgehead atoms. The lowest BCUT2D eigenvalue weighted by molar-refractivity contribution is 0.100. The number of phenolic OH excluding ortho intramolecular Hbond substituents is 1. The fourth-order valence-corrected chi connectivity index (χ4v) is 3.87. The zero-order valence-corrected chi connectivity index (χ0v) is 22.8. The molecule has 0 aliphatic heterocycles. The van der Waals surface area contributed by atoms with E-state index in [4.69, 9.17) is 48.9 Å². The predicted molar refractivity (Wildman–Crippen MR) is 157 cm³/mol. The summed E-state index contributed by atoms with van der Waals surface area (Å²) in [6, 6.07) is 25.6. The Bertz CT molecular complexity index is 1400. The van der Waals surface area contributed by atoms with Crippen LogP contribution in [0.15, 0.2) is 84.9 Å². The zero-order chi connectivity index (χ0) is 28.2. The van der Waals surface area contributed by atoms with Crippen LogP contribution in [0.25, 0.3) is 11.1 Å². The molecule has 0 aliphatic rings. The Morgan fingerprint density at radius 1 is 1.03 bits per heavy atom. The molecule has 4 aromatic rings. The van der Waals surface area contributed by atoms with Gasteiger partial charge in [-0.3, -0.25) is 4.79 Å². The number of amides is 1. The summed E-state index contributed by atoms with van der Waals surface area (Å²) in [6.07, 6.45) is 1.31. The number of ether oxygens (including phenoxy) is 2. The van der Waals surface area contributed by atoms with Gasteiger partial charge < -0.3 is 31.0 Å². The molecule has 0 heterocycles. The van der Waals surface area contributed by atoms with Crippen LogP contribution in [0.1, 0.15) is 21.5 Å². The van der Waals surface area contributed by atoms with Crippen molar-refractivity contribution in [3.63, 3.8) is 0 Å². The molecule has 0 saturated heterocycles. The van der Waals surface area contributed by atoms with Crippen molar-refractivity contribution in [1.82, 2.24) is 5.32 Å². The van der Waals surface area contributed by atoms with Crippen molar-refractivity contribution in [1.29, 1.82) is 5.41 Å². The summed E-state index contributed by atoms with van der Waals surface area (Å²) in [7, 11) is 1.61. The van der Waals surface area contributed by atoms with E-state index < -0.39 is 5.91 Å². The average molecular weight is 566 g/mol. The highest BCUT2D eigenvalue weighted by molar-refractivity contribution is 6.32. The van der Waals surface area contributed by atoms with Crippen LogP contribution in [0.5, 0.6) is 17.2 Å². The van der Waals surface area contributed by atoms with Crippen LogP contribution in [0.2, 0.25) is 10.0 Å². The first-order valence-electron chi connectivity index (χ1n) is 12.0. The lowest BCUT2D eigenvalue weighted by Gasteiger charge is -2.17. The van der Waals surface area contributed by atoms with Gasteiger partial charge in [0.2, 0.25) is 5.91 Å². The fourth-order valence-electron chi connectivity index (χ4n) is 3.56. The van der Waals surface area contributed by atoms with E-state index in [1.165, 1.54) is 30.0 Å². The molecule has 39 heavy (non-hydrogen) atoms. The summed E-state index contributed by atoms with van der Waals surface area (Å²) in [5.41, 5.74) is 9.11. The minimum atomic E-state index is -0.563. The van der Waals surface area contributed by atoms with E-state index in [1.807, 2.05) is 66.7 Å². The molecular formula is C30H29Cl2N3O4. The number of halogens is 2. The fraction of sp³-hybridized carbons (Fsp3) is 0.133. The third-order valence-corrected chi connectivity index (χ3v) is 6.10. The van der Waals surface area contributed by atoms with Crippen molar-refractivity contribution >= 4 is 35.3 Å². The Balaban J connectivity index is 0.000000320. The Hall–Kier alpha value is -4.04. The maximum atomic E-state index is 10.5. The van der Waals surface area contributed by atoms with E-state index in [-0.39, 0.29) is 16.3 Å². The maximum absolute atomic E-state index is 10.5. The topological polar surface area (TPSA) is 118 Å². The molecular weight excluding hydrogens is 537 g/mol. The number of nitrogens with two attached hydrogens (primary N) is 1. The first kappa shape index (κ1) is 29.5. The quantitative estimate of drug-likeness (QED) is 0.132. The molecule has 7 nitrogen and oxygen atoms in total. The van der Waals surface area contributed by atoms with Crippen molar-refractivity contribution < 1.29 is 19.4 Å². The van der Waals surface area contributed by atoms with Gasteiger partial charge in [0.1, 0.15) is 12.4 Å². The van der Waals surface area contributed by atoms with Crippen LogP contribution in [-0.4, -0.2) is 37.5 Å². The summed E-state index contributed by atoms with van der Waals surface area (Å²) in [5, 5.41) is 20.8. The smallest absolute Gasteiger partial charge is 0.248 e. The number of phenols is 1. The average Bonchev–Trinajstić information content (AvgIpc) is 2.95. The van der Waals surface area contributed by atoms with Crippen molar-refractivity contribution in [2.75, 3.05) is 20.3 Å². The van der Waals surface area contributed by atoms with E-state index in [2.05, 4.69) is 5.32 Å². The lowest BCUT2D eigenvalue weighted by Crippen LogP contribution is -2.20. The highest BCUT2D eigenvalue weighted by atomic mass is 35.5. The number of aromatic hydroxyl groups is 1. The third-order valence-electron chi connectivity index (χ3n) is 5.55. The van der Waals surface area contributed by atoms with Gasteiger partial charge in [0.15, 0.2) is 11.5 Å². The molecule has 1 amide bonds. The highest BCUT2D eigenvalue weighted by Gasteiger charge is 2.14. The second-order valence-electron chi connectivity index (χ2n) is 8.29. The summed E-state index contributed by atoms with van der Waals surface area (Å²) in [5.74, 6) is 0.689. The van der Waals surface area contributed by atoms with Gasteiger partial charge in [-0.2, -0.15) is 0 Å². The molecule has 4 aromatic carbocycles. The second-order valence-corrected chi connectivity index (χ2v) is 9.14. The molecule has 0 radical (unpaired) electrons. The first-order chi connectivity index (χ1) is 18.8. The van der Waals surface area contributed by atoms with Gasteiger partial charge in [-0.05, 0) is 59.2 Å². The Labute approximate surface area is 237 Å². The highest BCUT2D eigenvalue weighted by Crippen LogP contribution is 2.39. The van der Waals surface area contributed by atoms with Crippen molar-refractivity contribution in [3.05, 3.63) is 112 Å². The third kappa shape index (κ3) is 8.75. The molecule has 0 aromatic heterocycles. The Kier molecular flexibility index (Phi) is 11.2. The van der Waals surface area contributed by atoms with E-state index in [0.717, 1.165) is 28.3 Å². The molecule has 0 atom stereocenters. The van der Waals surface area contributed by atoms with E-state index in [9.17, 15) is 4.79 Å². The minimum absolute atomic E-state index is 0.0586. The second kappa shape index (κ2) is 14.8. The number of carbonyl (C=O) groups is 1. The number of hydrogen-bond donors (Lipinski definition) is 4. The van der Waals surface area contributed by atoms with Crippen LogP contribution in [0, 0.1) is 5.41 Å². The van der Waals surface area contributed by atoms with Crippen LogP contribution >= 0.6 is 23.2 Å². The number of benzene rings is 4. The van der Waals surface area contributed by atoms with Gasteiger partial charge in [-0.1, -0.05) is 65.7 Å². The van der Waals surface area contributed by atoms with E-state index in [1.54, 1.807) is 7.11 Å². The van der Waals surface area contributed by atoms with Gasteiger partial charge >= 0.3 is 0 Å². The molecule has 202 valence electrons. The largest absolute Gasteiger partial charge is 0.506 e. The molecule has 0 aliphatic carbocycles. The standard InChI is InChI=1S/C23H23ClN2O2.C7H6ClNO2/c1-27-22-14-18(15-25)13-21(19-5-3-2-4-6-19)23(22)28-12-11-26-16-17-7-9-20(24)10-8-17;8-5-3-4(7(9)11)1-2-6(5)10/h2-10,13-15,25-26H,11-12,16H2,1H3;1-3,10H,(H2,9,11). The first-order valence-corrected chi connectivity index (χ1v) is 12.7. The maximum Gasteiger partial charge on any atom is 0.248 e. The van der Waals surface area contributed by atoms with Crippen molar-refractivity contribution in [2.24, 2.45) is 5.73 Å². The molecule has 9 heteroatoms. The molecule has 4 rings (SSSR count). The van der Waals surface area contributed by atoms with Gasteiger partial charge in [0.25, 0.3) is 0 Å². The number of carbonyl (C=O) groups excluding carboxylic acids is 1. The van der Waals surface area contributed by atoms with Crippen molar-refractivity contribution in [2.45, 2.75) is 6.54 Å². The summed E-state index contributed by atoms with van der Waals surface area (Å²) in [6.45, 7) is 1.93. The van der Waals surface area contributed by atoms with Gasteiger partial charge in [0.05, 0.1) is 12.1 Å². The van der Waals surface area contributed by atoms with Crippen LogP contribution in [0.3, 0.4) is 0 Å². The zero-order valence-electron chi connectivity index (χ0n) is 21.3. The van der Waals surface area contributed by atoms with Gasteiger partial charge in [-0.25, -0.2) is 0 Å². The number of rotatable bonds is 10. The number of nitrogens with one attached hydrogen (secondary N) is 2. The number of hydrogen-bond acceptors (Lipinski definition) is 6. The van der Waals surface area contributed by atoms with Gasteiger partial charge in [-0.15, -0.1) is 0 Å².